The van der Waals surface area contributed by atoms with Crippen molar-refractivity contribution in [2.24, 2.45) is 0 Å². The van der Waals surface area contributed by atoms with Crippen molar-refractivity contribution in [3.63, 3.8) is 0 Å². The maximum atomic E-state index is 13.0. The molecule has 122 valence electrons. The minimum atomic E-state index is -0.261. The molecule has 0 aliphatic heterocycles. The molecule has 7 heteroatoms. The lowest BCUT2D eigenvalue weighted by atomic mass is 10.1. The lowest BCUT2D eigenvalue weighted by Gasteiger charge is -2.16. The number of nitrogens with zero attached hydrogens (tertiary/aromatic N) is 3. The molecule has 24 heavy (non-hydrogen) atoms. The zero-order valence-electron chi connectivity index (χ0n) is 13.1. The summed E-state index contributed by atoms with van der Waals surface area (Å²) >= 11 is 0. The average molecular weight is 324 g/mol. The van der Waals surface area contributed by atoms with Gasteiger partial charge >= 0.3 is 0 Å². The Bertz CT molecular complexity index is 807. The normalized spacial score (nSPS) is 11.8. The van der Waals surface area contributed by atoms with Gasteiger partial charge in [0, 0.05) is 36.3 Å². The van der Waals surface area contributed by atoms with Crippen molar-refractivity contribution in [2.45, 2.75) is 13.0 Å². The van der Waals surface area contributed by atoms with Gasteiger partial charge < -0.3 is 16.4 Å². The summed E-state index contributed by atoms with van der Waals surface area (Å²) in [6.45, 7) is 1.97. The van der Waals surface area contributed by atoms with Crippen molar-refractivity contribution in [3.05, 3.63) is 66.4 Å². The standard InChI is InChI=1S/C17H17FN6/c1-11(12-2-4-13(18)5-3-12)22-15-8-14(19)9-16(23-15)24-17-10-20-6-7-21-17/h2-11H,1H3,(H4,19,21,22,23,24). The second-order valence-corrected chi connectivity index (χ2v) is 5.30. The zero-order valence-corrected chi connectivity index (χ0v) is 13.1. The van der Waals surface area contributed by atoms with E-state index in [2.05, 4.69) is 25.6 Å². The van der Waals surface area contributed by atoms with Gasteiger partial charge in [0.1, 0.15) is 23.3 Å². The topological polar surface area (TPSA) is 88.8 Å². The molecule has 4 N–H and O–H groups in total. The van der Waals surface area contributed by atoms with Gasteiger partial charge in [-0.05, 0) is 24.6 Å². The van der Waals surface area contributed by atoms with Gasteiger partial charge in [-0.25, -0.2) is 14.4 Å². The molecule has 1 aromatic carbocycles. The molecule has 0 radical (unpaired) electrons. The summed E-state index contributed by atoms with van der Waals surface area (Å²) in [5, 5.41) is 6.31. The molecule has 0 aliphatic rings. The first-order valence-corrected chi connectivity index (χ1v) is 7.43. The van der Waals surface area contributed by atoms with E-state index in [1.807, 2.05) is 6.92 Å². The highest BCUT2D eigenvalue weighted by Crippen LogP contribution is 2.23. The third-order valence-electron chi connectivity index (χ3n) is 3.40. The molecule has 1 unspecified atom stereocenters. The molecule has 3 aromatic rings. The van der Waals surface area contributed by atoms with E-state index in [0.29, 0.717) is 23.1 Å². The van der Waals surface area contributed by atoms with Crippen LogP contribution in [0.3, 0.4) is 0 Å². The highest BCUT2D eigenvalue weighted by Gasteiger charge is 2.08. The quantitative estimate of drug-likeness (QED) is 0.665. The van der Waals surface area contributed by atoms with Crippen LogP contribution in [-0.2, 0) is 0 Å². The summed E-state index contributed by atoms with van der Waals surface area (Å²) in [6, 6.07) is 9.73. The Balaban J connectivity index is 1.77. The molecule has 0 aliphatic carbocycles. The fraction of sp³-hybridized carbons (Fsp3) is 0.118. The molecule has 6 nitrogen and oxygen atoms in total. The number of nitrogen functional groups attached to an aromatic ring is 1. The van der Waals surface area contributed by atoms with E-state index in [1.54, 1.807) is 42.9 Å². The predicted octanol–water partition coefficient (Wildman–Crippen LogP) is 3.51. The first-order valence-electron chi connectivity index (χ1n) is 7.43. The van der Waals surface area contributed by atoms with Gasteiger partial charge in [-0.15, -0.1) is 0 Å². The Labute approximate surface area is 139 Å². The second-order valence-electron chi connectivity index (χ2n) is 5.30. The van der Waals surface area contributed by atoms with Crippen LogP contribution in [-0.4, -0.2) is 15.0 Å². The van der Waals surface area contributed by atoms with Gasteiger partial charge in [0.25, 0.3) is 0 Å². The van der Waals surface area contributed by atoms with E-state index < -0.39 is 0 Å². The molecular formula is C17H17FN6. The van der Waals surface area contributed by atoms with Gasteiger partial charge in [0.15, 0.2) is 0 Å². The lowest BCUT2D eigenvalue weighted by molar-refractivity contribution is 0.626. The van der Waals surface area contributed by atoms with Crippen molar-refractivity contribution >= 4 is 23.1 Å². The Kier molecular flexibility index (Phi) is 4.51. The van der Waals surface area contributed by atoms with Crippen LogP contribution in [0, 0.1) is 5.82 Å². The SMILES string of the molecule is CC(Nc1cc(N)cc(Nc2cnccn2)n1)c1ccc(F)cc1. The lowest BCUT2D eigenvalue weighted by Crippen LogP contribution is -2.09. The third-order valence-corrected chi connectivity index (χ3v) is 3.40. The number of nitrogens with one attached hydrogen (secondary N) is 2. The van der Waals surface area contributed by atoms with Gasteiger partial charge in [0.2, 0.25) is 0 Å². The van der Waals surface area contributed by atoms with Crippen LogP contribution >= 0.6 is 0 Å². The largest absolute Gasteiger partial charge is 0.399 e. The fourth-order valence-electron chi connectivity index (χ4n) is 2.24. The summed E-state index contributed by atoms with van der Waals surface area (Å²) < 4.78 is 13.0. The monoisotopic (exact) mass is 324 g/mol. The number of rotatable bonds is 5. The minimum absolute atomic E-state index is 0.0516. The number of hydrogen-bond acceptors (Lipinski definition) is 6. The summed E-state index contributed by atoms with van der Waals surface area (Å²) in [5.41, 5.74) is 7.45. The first-order chi connectivity index (χ1) is 11.6. The summed E-state index contributed by atoms with van der Waals surface area (Å²) in [6.07, 6.45) is 4.78. The van der Waals surface area contributed by atoms with E-state index in [1.165, 1.54) is 12.1 Å². The van der Waals surface area contributed by atoms with Crippen molar-refractivity contribution in [3.8, 4) is 0 Å². The first kappa shape index (κ1) is 15.7. The molecule has 0 bridgehead atoms. The van der Waals surface area contributed by atoms with Crippen LogP contribution in [0.5, 0.6) is 0 Å². The van der Waals surface area contributed by atoms with E-state index in [9.17, 15) is 4.39 Å². The number of halogens is 1. The van der Waals surface area contributed by atoms with Crippen LogP contribution in [0.4, 0.5) is 27.5 Å². The molecule has 0 saturated heterocycles. The summed E-state index contributed by atoms with van der Waals surface area (Å²) in [4.78, 5) is 12.6. The van der Waals surface area contributed by atoms with Crippen LogP contribution in [0.1, 0.15) is 18.5 Å². The Morgan fingerprint density at radius 2 is 1.79 bits per heavy atom. The molecule has 0 saturated carbocycles. The fourth-order valence-corrected chi connectivity index (χ4v) is 2.24. The molecule has 3 rings (SSSR count). The highest BCUT2D eigenvalue weighted by molar-refractivity contribution is 5.62. The highest BCUT2D eigenvalue weighted by atomic mass is 19.1. The number of aromatic nitrogens is 3. The maximum absolute atomic E-state index is 13.0. The Morgan fingerprint density at radius 1 is 1.04 bits per heavy atom. The summed E-state index contributed by atoms with van der Waals surface area (Å²) in [7, 11) is 0. The molecule has 2 heterocycles. The molecule has 2 aromatic heterocycles. The van der Waals surface area contributed by atoms with Crippen molar-refractivity contribution in [1.29, 1.82) is 0 Å². The number of hydrogen-bond donors (Lipinski definition) is 3. The molecule has 0 spiro atoms. The number of benzene rings is 1. The van der Waals surface area contributed by atoms with Crippen LogP contribution in [0.15, 0.2) is 55.0 Å². The van der Waals surface area contributed by atoms with E-state index >= 15 is 0 Å². The zero-order chi connectivity index (χ0) is 16.9. The minimum Gasteiger partial charge on any atom is -0.399 e. The van der Waals surface area contributed by atoms with E-state index in [-0.39, 0.29) is 11.9 Å². The average Bonchev–Trinajstić information content (AvgIpc) is 2.55. The number of nitrogens with two attached hydrogens (primary N) is 1. The van der Waals surface area contributed by atoms with Gasteiger partial charge in [-0.1, -0.05) is 12.1 Å². The van der Waals surface area contributed by atoms with Crippen molar-refractivity contribution in [1.82, 2.24) is 15.0 Å². The number of pyridine rings is 1. The van der Waals surface area contributed by atoms with Crippen LogP contribution in [0.2, 0.25) is 0 Å². The molecule has 0 amide bonds. The van der Waals surface area contributed by atoms with E-state index in [4.69, 9.17) is 5.73 Å². The maximum Gasteiger partial charge on any atom is 0.150 e. The van der Waals surface area contributed by atoms with Crippen molar-refractivity contribution < 1.29 is 4.39 Å². The van der Waals surface area contributed by atoms with Gasteiger partial charge in [0.05, 0.1) is 6.20 Å². The van der Waals surface area contributed by atoms with Crippen LogP contribution < -0.4 is 16.4 Å². The predicted molar refractivity (Wildman–Crippen MR) is 92.4 cm³/mol. The molecule has 0 fully saturated rings. The number of anilines is 4. The summed E-state index contributed by atoms with van der Waals surface area (Å²) in [5.74, 6) is 1.49. The van der Waals surface area contributed by atoms with Crippen LogP contribution in [0.25, 0.3) is 0 Å². The third kappa shape index (κ3) is 3.95. The Hall–Kier alpha value is -3.22. The molecular weight excluding hydrogens is 307 g/mol. The smallest absolute Gasteiger partial charge is 0.150 e. The molecule has 1 atom stereocenters. The second kappa shape index (κ2) is 6.91. The van der Waals surface area contributed by atoms with Gasteiger partial charge in [-0.2, -0.15) is 0 Å². The van der Waals surface area contributed by atoms with Gasteiger partial charge in [-0.3, -0.25) is 4.98 Å². The Morgan fingerprint density at radius 3 is 2.50 bits per heavy atom. The van der Waals surface area contributed by atoms with Crippen molar-refractivity contribution in [2.75, 3.05) is 16.4 Å². The van der Waals surface area contributed by atoms with E-state index in [0.717, 1.165) is 5.56 Å².